The first kappa shape index (κ1) is 16.5. The first-order valence-corrected chi connectivity index (χ1v) is 8.14. The number of esters is 1. The van der Waals surface area contributed by atoms with Crippen molar-refractivity contribution < 1.29 is 19.4 Å². The predicted octanol–water partition coefficient (Wildman–Crippen LogP) is 2.58. The van der Waals surface area contributed by atoms with Crippen molar-refractivity contribution in [1.82, 2.24) is 0 Å². The summed E-state index contributed by atoms with van der Waals surface area (Å²) in [5, 5.41) is 9.50. The zero-order chi connectivity index (χ0) is 15.6. The molecule has 4 nitrogen and oxygen atoms in total. The summed E-state index contributed by atoms with van der Waals surface area (Å²) in [6.07, 6.45) is 4.63. The first-order valence-electron chi connectivity index (χ1n) is 8.14. The molecule has 5 atom stereocenters. The molecular formula is C17H28O4. The monoisotopic (exact) mass is 296 g/mol. The van der Waals surface area contributed by atoms with E-state index in [0.717, 1.165) is 19.3 Å². The number of ether oxygens (including phenoxy) is 1. The molecule has 2 rings (SSSR count). The van der Waals surface area contributed by atoms with Gasteiger partial charge in [-0.25, -0.2) is 0 Å². The molecule has 0 radical (unpaired) electrons. The molecule has 4 heteroatoms. The van der Waals surface area contributed by atoms with Gasteiger partial charge in [-0.05, 0) is 48.9 Å². The molecule has 1 unspecified atom stereocenters. The number of methoxy groups -OCH3 is 1. The van der Waals surface area contributed by atoms with Crippen molar-refractivity contribution in [3.8, 4) is 0 Å². The quantitative estimate of drug-likeness (QED) is 0.792. The van der Waals surface area contributed by atoms with Gasteiger partial charge >= 0.3 is 5.97 Å². The summed E-state index contributed by atoms with van der Waals surface area (Å²) in [4.78, 5) is 23.7. The minimum Gasteiger partial charge on any atom is -0.469 e. The van der Waals surface area contributed by atoms with Crippen LogP contribution < -0.4 is 0 Å². The van der Waals surface area contributed by atoms with Crippen molar-refractivity contribution in [2.45, 2.75) is 52.4 Å². The van der Waals surface area contributed by atoms with E-state index in [1.165, 1.54) is 7.11 Å². The van der Waals surface area contributed by atoms with Gasteiger partial charge in [0, 0.05) is 25.4 Å². The molecule has 21 heavy (non-hydrogen) atoms. The highest BCUT2D eigenvalue weighted by Gasteiger charge is 2.54. The summed E-state index contributed by atoms with van der Waals surface area (Å²) in [5.74, 6) is 1.23. The maximum Gasteiger partial charge on any atom is 0.305 e. The van der Waals surface area contributed by atoms with Gasteiger partial charge in [-0.3, -0.25) is 9.59 Å². The van der Waals surface area contributed by atoms with Crippen LogP contribution in [-0.4, -0.2) is 30.6 Å². The fraction of sp³-hybridized carbons (Fsp3) is 0.882. The highest BCUT2D eigenvalue weighted by Crippen LogP contribution is 2.59. The Labute approximate surface area is 127 Å². The molecule has 2 saturated carbocycles. The number of ketones is 1. The minimum atomic E-state index is -0.228. The van der Waals surface area contributed by atoms with Crippen molar-refractivity contribution in [1.29, 1.82) is 0 Å². The van der Waals surface area contributed by atoms with E-state index in [0.29, 0.717) is 36.9 Å². The molecule has 0 aromatic heterocycles. The Balaban J connectivity index is 2.12. The molecule has 0 saturated heterocycles. The van der Waals surface area contributed by atoms with Crippen LogP contribution in [-0.2, 0) is 14.3 Å². The molecule has 120 valence electrons. The number of carbonyl (C=O) groups excluding carboxylic acids is 2. The van der Waals surface area contributed by atoms with Crippen LogP contribution >= 0.6 is 0 Å². The number of hydrogen-bond donors (Lipinski definition) is 1. The number of hydrogen-bond acceptors (Lipinski definition) is 4. The Kier molecular flexibility index (Phi) is 5.07. The lowest BCUT2D eigenvalue weighted by Gasteiger charge is -2.45. The van der Waals surface area contributed by atoms with E-state index >= 15 is 0 Å². The standard InChI is InChI=1S/C17H28O4/c1-11(10-18)13-5-6-14-12(4-7-16(20)21-3)15(19)8-9-17(13,14)2/h11-14,18H,4-10H2,1-3H3/t11?,12-,13+,14-,17+/m0/s1. The van der Waals surface area contributed by atoms with E-state index in [4.69, 9.17) is 4.74 Å². The van der Waals surface area contributed by atoms with Crippen LogP contribution in [0.15, 0.2) is 0 Å². The predicted molar refractivity (Wildman–Crippen MR) is 79.6 cm³/mol. The summed E-state index contributed by atoms with van der Waals surface area (Å²) < 4.78 is 4.71. The molecule has 2 fully saturated rings. The van der Waals surface area contributed by atoms with Gasteiger partial charge in [-0.2, -0.15) is 0 Å². The number of rotatable bonds is 5. The van der Waals surface area contributed by atoms with Crippen molar-refractivity contribution >= 4 is 11.8 Å². The Bertz CT molecular complexity index is 406. The van der Waals surface area contributed by atoms with E-state index < -0.39 is 0 Å². The van der Waals surface area contributed by atoms with E-state index in [2.05, 4.69) is 13.8 Å². The third-order valence-corrected chi connectivity index (χ3v) is 6.15. The molecule has 2 aliphatic rings. The smallest absolute Gasteiger partial charge is 0.305 e. The van der Waals surface area contributed by atoms with E-state index in [-0.39, 0.29) is 29.8 Å². The second kappa shape index (κ2) is 6.47. The van der Waals surface area contributed by atoms with E-state index in [1.54, 1.807) is 0 Å². The van der Waals surface area contributed by atoms with Crippen LogP contribution in [0.25, 0.3) is 0 Å². The maximum absolute atomic E-state index is 12.3. The second-order valence-electron chi connectivity index (χ2n) is 7.14. The largest absolute Gasteiger partial charge is 0.469 e. The highest BCUT2D eigenvalue weighted by molar-refractivity contribution is 5.83. The fourth-order valence-electron chi connectivity index (χ4n) is 4.93. The molecule has 2 aliphatic carbocycles. The van der Waals surface area contributed by atoms with Crippen LogP contribution in [0.5, 0.6) is 0 Å². The fourth-order valence-corrected chi connectivity index (χ4v) is 4.93. The zero-order valence-corrected chi connectivity index (χ0v) is 13.4. The average molecular weight is 296 g/mol. The summed E-state index contributed by atoms with van der Waals surface area (Å²) in [6.45, 7) is 4.62. The molecule has 0 aromatic carbocycles. The first-order chi connectivity index (χ1) is 9.93. The molecule has 0 aliphatic heterocycles. The van der Waals surface area contributed by atoms with Crippen LogP contribution in [0.4, 0.5) is 0 Å². The van der Waals surface area contributed by atoms with Gasteiger partial charge in [0.15, 0.2) is 0 Å². The minimum absolute atomic E-state index is 0.00116. The van der Waals surface area contributed by atoms with Gasteiger partial charge in [0.2, 0.25) is 0 Å². The Morgan fingerprint density at radius 2 is 2.19 bits per heavy atom. The second-order valence-corrected chi connectivity index (χ2v) is 7.14. The van der Waals surface area contributed by atoms with Crippen LogP contribution in [0, 0.1) is 29.1 Å². The topological polar surface area (TPSA) is 63.6 Å². The zero-order valence-electron chi connectivity index (χ0n) is 13.4. The molecular weight excluding hydrogens is 268 g/mol. The van der Waals surface area contributed by atoms with Crippen molar-refractivity contribution in [2.75, 3.05) is 13.7 Å². The lowest BCUT2D eigenvalue weighted by atomic mass is 9.58. The summed E-state index contributed by atoms with van der Waals surface area (Å²) in [6, 6.07) is 0. The Morgan fingerprint density at radius 3 is 2.81 bits per heavy atom. The van der Waals surface area contributed by atoms with E-state index in [1.807, 2.05) is 0 Å². The van der Waals surface area contributed by atoms with Crippen LogP contribution in [0.2, 0.25) is 0 Å². The van der Waals surface area contributed by atoms with Gasteiger partial charge in [-0.1, -0.05) is 13.8 Å². The molecule has 0 spiro atoms. The van der Waals surface area contributed by atoms with Crippen molar-refractivity contribution in [2.24, 2.45) is 29.1 Å². The van der Waals surface area contributed by atoms with Crippen LogP contribution in [0.1, 0.15) is 52.4 Å². The highest BCUT2D eigenvalue weighted by atomic mass is 16.5. The third kappa shape index (κ3) is 3.01. The van der Waals surface area contributed by atoms with Crippen molar-refractivity contribution in [3.63, 3.8) is 0 Å². The van der Waals surface area contributed by atoms with Gasteiger partial charge < -0.3 is 9.84 Å². The number of carbonyl (C=O) groups is 2. The van der Waals surface area contributed by atoms with Gasteiger partial charge in [0.1, 0.15) is 5.78 Å². The molecule has 0 aromatic rings. The summed E-state index contributed by atoms with van der Waals surface area (Å²) in [7, 11) is 1.39. The molecule has 0 bridgehead atoms. The lowest BCUT2D eigenvalue weighted by Crippen LogP contribution is -2.43. The molecule has 0 amide bonds. The summed E-state index contributed by atoms with van der Waals surface area (Å²) >= 11 is 0. The van der Waals surface area contributed by atoms with Crippen LogP contribution in [0.3, 0.4) is 0 Å². The molecule has 1 N–H and O–H groups in total. The van der Waals surface area contributed by atoms with E-state index in [9.17, 15) is 14.7 Å². The normalized spacial score (nSPS) is 37.1. The Morgan fingerprint density at radius 1 is 1.48 bits per heavy atom. The SMILES string of the molecule is COC(=O)CC[C@@H]1C(=O)CC[C@]2(C)[C@@H](C(C)CO)CC[C@@H]12. The maximum atomic E-state index is 12.3. The Hall–Kier alpha value is -0.900. The molecule has 0 heterocycles. The summed E-state index contributed by atoms with van der Waals surface area (Å²) in [5.41, 5.74) is 0.136. The number of fused-ring (bicyclic) bond motifs is 1. The third-order valence-electron chi connectivity index (χ3n) is 6.15. The average Bonchev–Trinajstić information content (AvgIpc) is 2.83. The lowest BCUT2D eigenvalue weighted by molar-refractivity contribution is -0.142. The van der Waals surface area contributed by atoms with Crippen molar-refractivity contribution in [3.05, 3.63) is 0 Å². The number of aliphatic hydroxyl groups excluding tert-OH is 1. The number of Topliss-reactive ketones (excluding diaryl/α,β-unsaturated/α-hetero) is 1. The van der Waals surface area contributed by atoms with Gasteiger partial charge in [0.25, 0.3) is 0 Å². The van der Waals surface area contributed by atoms with Gasteiger partial charge in [-0.15, -0.1) is 0 Å². The number of aliphatic hydroxyl groups is 1. The van der Waals surface area contributed by atoms with Gasteiger partial charge in [0.05, 0.1) is 7.11 Å².